The van der Waals surface area contributed by atoms with Gasteiger partial charge < -0.3 is 15.4 Å². The minimum absolute atomic E-state index is 0. The Bertz CT molecular complexity index is 863. The minimum Gasteiger partial charge on any atom is -0.391 e. The van der Waals surface area contributed by atoms with Crippen LogP contribution in [0.1, 0.15) is 30.4 Å². The number of rotatable bonds is 2. The Balaban J connectivity index is 0.00000169. The molecule has 0 bridgehead atoms. The van der Waals surface area contributed by atoms with E-state index in [1.807, 2.05) is 42.8 Å². The molecule has 3 N–H and O–H groups in total. The first kappa shape index (κ1) is 16.9. The average Bonchev–Trinajstić information content (AvgIpc) is 3.17. The molecule has 3 atom stereocenters. The Morgan fingerprint density at radius 3 is 2.62 bits per heavy atom. The number of imidazole rings is 1. The van der Waals surface area contributed by atoms with E-state index in [4.69, 9.17) is 10.7 Å². The van der Waals surface area contributed by atoms with E-state index in [0.717, 1.165) is 22.8 Å². The number of fused-ring (bicyclic) bond motifs is 1. The van der Waals surface area contributed by atoms with Gasteiger partial charge in [-0.3, -0.25) is 0 Å². The molecule has 1 fully saturated rings. The molecule has 2 aromatic heterocycles. The van der Waals surface area contributed by atoms with Crippen molar-refractivity contribution in [3.8, 4) is 5.95 Å². The van der Waals surface area contributed by atoms with Crippen molar-refractivity contribution in [3.05, 3.63) is 35.9 Å². The smallest absolute Gasteiger partial charge is 0.233 e. The van der Waals surface area contributed by atoms with Crippen LogP contribution in [0.25, 0.3) is 17.0 Å². The van der Waals surface area contributed by atoms with E-state index >= 15 is 0 Å². The average molecular weight is 349 g/mol. The van der Waals surface area contributed by atoms with Crippen LogP contribution in [0.2, 0.25) is 0 Å². The molecule has 0 aliphatic heterocycles. The van der Waals surface area contributed by atoms with Crippen LogP contribution in [-0.2, 0) is 7.05 Å². The molecule has 2 heterocycles. The van der Waals surface area contributed by atoms with E-state index in [9.17, 15) is 5.11 Å². The molecule has 0 amide bonds. The van der Waals surface area contributed by atoms with Gasteiger partial charge in [-0.2, -0.15) is 4.68 Å². The Labute approximate surface area is 145 Å². The molecule has 7 nitrogen and oxygen atoms in total. The minimum atomic E-state index is -0.481. The first-order valence-corrected chi connectivity index (χ1v) is 7.83. The van der Waals surface area contributed by atoms with Crippen molar-refractivity contribution in [1.82, 2.24) is 24.3 Å². The highest BCUT2D eigenvalue weighted by Crippen LogP contribution is 2.34. The summed E-state index contributed by atoms with van der Waals surface area (Å²) < 4.78 is 3.81. The molecular weight excluding hydrogens is 328 g/mol. The fourth-order valence-electron chi connectivity index (χ4n) is 3.42. The van der Waals surface area contributed by atoms with Gasteiger partial charge in [-0.15, -0.1) is 17.5 Å². The highest BCUT2D eigenvalue weighted by Gasteiger charge is 2.35. The van der Waals surface area contributed by atoms with Gasteiger partial charge in [0, 0.05) is 19.0 Å². The van der Waals surface area contributed by atoms with Crippen LogP contribution in [0, 0.1) is 6.92 Å². The SMILES string of the molecule is Cc1nc([C@H]2C[C@@H](N)[C@H](O)C2)n(-c2nc3ccccc3n2C)n1.Cl. The van der Waals surface area contributed by atoms with Crippen LogP contribution in [0.4, 0.5) is 0 Å². The summed E-state index contributed by atoms with van der Waals surface area (Å²) >= 11 is 0. The van der Waals surface area contributed by atoms with Gasteiger partial charge in [0.15, 0.2) is 0 Å². The lowest BCUT2D eigenvalue weighted by Crippen LogP contribution is -2.28. The van der Waals surface area contributed by atoms with Crippen molar-refractivity contribution < 1.29 is 5.11 Å². The zero-order chi connectivity index (χ0) is 16.1. The van der Waals surface area contributed by atoms with E-state index in [2.05, 4.69) is 10.1 Å². The molecule has 4 rings (SSSR count). The lowest BCUT2D eigenvalue weighted by atomic mass is 10.1. The lowest BCUT2D eigenvalue weighted by molar-refractivity contribution is 0.163. The van der Waals surface area contributed by atoms with Crippen molar-refractivity contribution >= 4 is 23.4 Å². The van der Waals surface area contributed by atoms with Crippen molar-refractivity contribution in [3.63, 3.8) is 0 Å². The molecule has 1 aromatic carbocycles. The maximum Gasteiger partial charge on any atom is 0.233 e. The molecule has 0 unspecified atom stereocenters. The molecule has 3 aromatic rings. The first-order valence-electron chi connectivity index (χ1n) is 7.83. The number of hydrogen-bond donors (Lipinski definition) is 2. The molecule has 128 valence electrons. The third-order valence-electron chi connectivity index (χ3n) is 4.63. The number of aryl methyl sites for hydroxylation is 2. The second-order valence-corrected chi connectivity index (χ2v) is 6.29. The summed E-state index contributed by atoms with van der Waals surface area (Å²) in [6.07, 6.45) is 0.845. The van der Waals surface area contributed by atoms with Gasteiger partial charge in [-0.1, -0.05) is 12.1 Å². The number of hydrogen-bond acceptors (Lipinski definition) is 5. The van der Waals surface area contributed by atoms with Crippen LogP contribution in [-0.4, -0.2) is 41.6 Å². The number of aliphatic hydroxyl groups is 1. The van der Waals surface area contributed by atoms with Gasteiger partial charge in [0.25, 0.3) is 0 Å². The highest BCUT2D eigenvalue weighted by molar-refractivity contribution is 5.85. The molecule has 8 heteroatoms. The number of nitrogens with two attached hydrogens (primary N) is 1. The predicted octanol–water partition coefficient (Wildman–Crippen LogP) is 1.45. The van der Waals surface area contributed by atoms with Crippen LogP contribution in [0.3, 0.4) is 0 Å². The highest BCUT2D eigenvalue weighted by atomic mass is 35.5. The van der Waals surface area contributed by atoms with Gasteiger partial charge in [0.05, 0.1) is 17.1 Å². The summed E-state index contributed by atoms with van der Waals surface area (Å²) in [5.74, 6) is 2.35. The lowest BCUT2D eigenvalue weighted by Gasteiger charge is -2.10. The normalized spacial score (nSPS) is 23.6. The van der Waals surface area contributed by atoms with Crippen molar-refractivity contribution in [2.24, 2.45) is 12.8 Å². The van der Waals surface area contributed by atoms with Gasteiger partial charge >= 0.3 is 0 Å². The van der Waals surface area contributed by atoms with Crippen LogP contribution < -0.4 is 5.73 Å². The van der Waals surface area contributed by atoms with Crippen molar-refractivity contribution in [2.45, 2.75) is 37.8 Å². The summed E-state index contributed by atoms with van der Waals surface area (Å²) in [7, 11) is 1.97. The molecule has 0 radical (unpaired) electrons. The quantitative estimate of drug-likeness (QED) is 0.731. The fraction of sp³-hybridized carbons (Fsp3) is 0.438. The summed E-state index contributed by atoms with van der Waals surface area (Å²) in [6.45, 7) is 1.87. The molecule has 1 saturated carbocycles. The van der Waals surface area contributed by atoms with Crippen LogP contribution in [0.5, 0.6) is 0 Å². The molecule has 24 heavy (non-hydrogen) atoms. The number of nitrogens with zero attached hydrogens (tertiary/aromatic N) is 5. The molecule has 0 saturated heterocycles. The monoisotopic (exact) mass is 348 g/mol. The van der Waals surface area contributed by atoms with E-state index in [1.165, 1.54) is 0 Å². The summed E-state index contributed by atoms with van der Waals surface area (Å²) in [5, 5.41) is 14.5. The third-order valence-corrected chi connectivity index (χ3v) is 4.63. The van der Waals surface area contributed by atoms with Crippen molar-refractivity contribution in [1.29, 1.82) is 0 Å². The summed E-state index contributed by atoms with van der Waals surface area (Å²) in [5.41, 5.74) is 7.93. The fourth-order valence-corrected chi connectivity index (χ4v) is 3.42. The van der Waals surface area contributed by atoms with E-state index in [-0.39, 0.29) is 24.4 Å². The topological polar surface area (TPSA) is 94.8 Å². The second-order valence-electron chi connectivity index (χ2n) is 6.29. The molecule has 1 aliphatic carbocycles. The molecule has 1 aliphatic rings. The number of aliphatic hydroxyl groups excluding tert-OH is 1. The molecular formula is C16H21ClN6O. The van der Waals surface area contributed by atoms with Crippen LogP contribution in [0.15, 0.2) is 24.3 Å². The Morgan fingerprint density at radius 1 is 1.21 bits per heavy atom. The largest absolute Gasteiger partial charge is 0.391 e. The zero-order valence-corrected chi connectivity index (χ0v) is 14.4. The van der Waals surface area contributed by atoms with E-state index in [0.29, 0.717) is 18.7 Å². The van der Waals surface area contributed by atoms with Gasteiger partial charge in [0.2, 0.25) is 5.95 Å². The third kappa shape index (κ3) is 2.58. The number of benzene rings is 1. The first-order chi connectivity index (χ1) is 11.0. The number of aromatic nitrogens is 5. The number of para-hydroxylation sites is 2. The standard InChI is InChI=1S/C16H20N6O.ClH/c1-9-18-15(10-7-11(17)14(23)8-10)22(20-9)16-19-12-5-3-4-6-13(12)21(16)2;/h3-6,10-11,14,23H,7-8,17H2,1-2H3;1H/t10-,11+,14+;/m0./s1. The zero-order valence-electron chi connectivity index (χ0n) is 13.6. The maximum absolute atomic E-state index is 9.96. The van der Waals surface area contributed by atoms with Gasteiger partial charge in [0.1, 0.15) is 11.6 Å². The second kappa shape index (κ2) is 6.16. The summed E-state index contributed by atoms with van der Waals surface area (Å²) in [6, 6.07) is 7.78. The Hall–Kier alpha value is -1.96. The van der Waals surface area contributed by atoms with E-state index in [1.54, 1.807) is 4.68 Å². The predicted molar refractivity (Wildman–Crippen MR) is 93.6 cm³/mol. The Kier molecular flexibility index (Phi) is 4.33. The van der Waals surface area contributed by atoms with Crippen LogP contribution >= 0.6 is 12.4 Å². The van der Waals surface area contributed by atoms with Gasteiger partial charge in [-0.25, -0.2) is 9.97 Å². The van der Waals surface area contributed by atoms with E-state index < -0.39 is 6.10 Å². The number of halogens is 1. The summed E-state index contributed by atoms with van der Waals surface area (Å²) in [4.78, 5) is 9.28. The van der Waals surface area contributed by atoms with Gasteiger partial charge in [-0.05, 0) is 31.9 Å². The Morgan fingerprint density at radius 2 is 1.96 bits per heavy atom. The maximum atomic E-state index is 9.96. The van der Waals surface area contributed by atoms with Crippen molar-refractivity contribution in [2.75, 3.05) is 0 Å². The molecule has 0 spiro atoms.